The van der Waals surface area contributed by atoms with Crippen LogP contribution in [-0.4, -0.2) is 37.8 Å². The highest BCUT2D eigenvalue weighted by Gasteiger charge is 2.09. The second-order valence-corrected chi connectivity index (χ2v) is 5.28. The number of ether oxygens (including phenoxy) is 1. The van der Waals surface area contributed by atoms with Crippen LogP contribution in [0.25, 0.3) is 0 Å². The van der Waals surface area contributed by atoms with Crippen molar-refractivity contribution >= 4 is 5.96 Å². The van der Waals surface area contributed by atoms with Crippen LogP contribution < -0.4 is 15.4 Å². The fraction of sp³-hybridized carbons (Fsp3) is 0.389. The van der Waals surface area contributed by atoms with E-state index in [9.17, 15) is 5.11 Å². The van der Waals surface area contributed by atoms with Crippen molar-refractivity contribution in [1.29, 1.82) is 0 Å². The average molecular weight is 331 g/mol. The minimum Gasteiger partial charge on any atom is -0.497 e. The predicted octanol–water partition coefficient (Wildman–Crippen LogP) is 2.12. The van der Waals surface area contributed by atoms with Crippen LogP contribution in [0.2, 0.25) is 0 Å². The molecule has 1 heterocycles. The quantitative estimate of drug-likeness (QED) is 0.510. The molecule has 2 aromatic rings. The molecular formula is C18H25N3O3. The lowest BCUT2D eigenvalue weighted by atomic mass is 10.1. The van der Waals surface area contributed by atoms with E-state index in [2.05, 4.69) is 15.6 Å². The maximum atomic E-state index is 10.0. The summed E-state index contributed by atoms with van der Waals surface area (Å²) in [6, 6.07) is 11.5. The molecule has 0 fully saturated rings. The highest BCUT2D eigenvalue weighted by Crippen LogP contribution is 2.13. The molecule has 24 heavy (non-hydrogen) atoms. The van der Waals surface area contributed by atoms with Crippen LogP contribution in [0.1, 0.15) is 24.4 Å². The molecule has 1 unspecified atom stereocenters. The summed E-state index contributed by atoms with van der Waals surface area (Å²) in [6.07, 6.45) is 1.67. The van der Waals surface area contributed by atoms with Gasteiger partial charge >= 0.3 is 0 Å². The Morgan fingerprint density at radius 2 is 2.04 bits per heavy atom. The van der Waals surface area contributed by atoms with Gasteiger partial charge in [-0.2, -0.15) is 0 Å². The number of aliphatic hydroxyl groups excluding tert-OH is 1. The van der Waals surface area contributed by atoms with E-state index in [1.807, 2.05) is 31.2 Å². The topological polar surface area (TPSA) is 79.0 Å². The molecule has 0 bridgehead atoms. The Morgan fingerprint density at radius 3 is 2.67 bits per heavy atom. The van der Waals surface area contributed by atoms with Crippen LogP contribution in [-0.2, 0) is 6.42 Å². The van der Waals surface area contributed by atoms with Crippen molar-refractivity contribution in [2.24, 2.45) is 4.99 Å². The normalized spacial score (nSPS) is 12.7. The van der Waals surface area contributed by atoms with Crippen LogP contribution in [0.4, 0.5) is 0 Å². The summed E-state index contributed by atoms with van der Waals surface area (Å²) in [4.78, 5) is 4.39. The van der Waals surface area contributed by atoms with Crippen LogP contribution in [0, 0.1) is 0 Å². The summed E-state index contributed by atoms with van der Waals surface area (Å²) in [5.74, 6) is 2.05. The minimum atomic E-state index is -0.739. The summed E-state index contributed by atoms with van der Waals surface area (Å²) in [5, 5.41) is 16.4. The van der Waals surface area contributed by atoms with Crippen molar-refractivity contribution in [2.75, 3.05) is 26.7 Å². The number of benzene rings is 1. The van der Waals surface area contributed by atoms with E-state index in [0.717, 1.165) is 25.3 Å². The van der Waals surface area contributed by atoms with Crippen molar-refractivity contribution in [3.63, 3.8) is 0 Å². The van der Waals surface area contributed by atoms with Gasteiger partial charge in [0.1, 0.15) is 17.6 Å². The number of furan rings is 1. The maximum Gasteiger partial charge on any atom is 0.191 e. The standard InChI is InChI=1S/C18H25N3O3/c1-3-19-18(21-13-16(22)17-5-4-12-24-17)20-11-10-14-6-8-15(23-2)9-7-14/h4-9,12,16,22H,3,10-11,13H2,1-2H3,(H2,19,20,21). The first kappa shape index (κ1) is 17.9. The van der Waals surface area contributed by atoms with Crippen molar-refractivity contribution in [1.82, 2.24) is 10.6 Å². The fourth-order valence-corrected chi connectivity index (χ4v) is 2.21. The summed E-state index contributed by atoms with van der Waals surface area (Å²) in [7, 11) is 1.66. The molecule has 1 atom stereocenters. The van der Waals surface area contributed by atoms with Gasteiger partial charge < -0.3 is 24.9 Å². The van der Waals surface area contributed by atoms with Crippen molar-refractivity contribution in [3.8, 4) is 5.75 Å². The first-order valence-electron chi connectivity index (χ1n) is 8.09. The van der Waals surface area contributed by atoms with E-state index in [1.54, 1.807) is 25.5 Å². The van der Waals surface area contributed by atoms with E-state index < -0.39 is 6.10 Å². The number of hydrogen-bond donors (Lipinski definition) is 3. The van der Waals surface area contributed by atoms with Crippen LogP contribution in [0.5, 0.6) is 5.75 Å². The average Bonchev–Trinajstić information content (AvgIpc) is 3.14. The van der Waals surface area contributed by atoms with E-state index in [4.69, 9.17) is 9.15 Å². The molecule has 0 saturated carbocycles. The number of aliphatic hydroxyl groups is 1. The number of methoxy groups -OCH3 is 1. The van der Waals surface area contributed by atoms with E-state index >= 15 is 0 Å². The van der Waals surface area contributed by atoms with Crippen molar-refractivity contribution in [2.45, 2.75) is 19.4 Å². The number of nitrogens with zero attached hydrogens (tertiary/aromatic N) is 1. The Bertz CT molecular complexity index is 609. The number of hydrogen-bond acceptors (Lipinski definition) is 4. The molecule has 0 aliphatic heterocycles. The third-order valence-corrected chi connectivity index (χ3v) is 3.50. The van der Waals surface area contributed by atoms with Gasteiger partial charge in [-0.25, -0.2) is 0 Å². The zero-order valence-electron chi connectivity index (χ0n) is 14.2. The molecule has 3 N–H and O–H groups in total. The van der Waals surface area contributed by atoms with Gasteiger partial charge in [0.05, 0.1) is 19.9 Å². The van der Waals surface area contributed by atoms with Crippen molar-refractivity contribution in [3.05, 3.63) is 54.0 Å². The number of nitrogens with one attached hydrogen (secondary N) is 2. The Balaban J connectivity index is 1.82. The van der Waals surface area contributed by atoms with Crippen LogP contribution >= 0.6 is 0 Å². The van der Waals surface area contributed by atoms with E-state index in [1.165, 1.54) is 5.56 Å². The zero-order chi connectivity index (χ0) is 17.2. The zero-order valence-corrected chi connectivity index (χ0v) is 14.2. The molecule has 6 nitrogen and oxygen atoms in total. The Labute approximate surface area is 142 Å². The summed E-state index contributed by atoms with van der Waals surface area (Å²) < 4.78 is 10.3. The van der Waals surface area contributed by atoms with Gasteiger partial charge in [0.15, 0.2) is 5.96 Å². The molecule has 0 saturated heterocycles. The lowest BCUT2D eigenvalue weighted by molar-refractivity contribution is 0.158. The van der Waals surface area contributed by atoms with Gasteiger partial charge in [-0.15, -0.1) is 0 Å². The molecular weight excluding hydrogens is 306 g/mol. The second kappa shape index (κ2) is 9.62. The Morgan fingerprint density at radius 1 is 1.25 bits per heavy atom. The molecule has 2 rings (SSSR count). The largest absolute Gasteiger partial charge is 0.497 e. The smallest absolute Gasteiger partial charge is 0.191 e. The molecule has 0 radical (unpaired) electrons. The molecule has 6 heteroatoms. The maximum absolute atomic E-state index is 10.0. The van der Waals surface area contributed by atoms with Gasteiger partial charge in [-0.3, -0.25) is 4.99 Å². The second-order valence-electron chi connectivity index (χ2n) is 5.28. The number of aliphatic imine (C=N–C) groups is 1. The van der Waals surface area contributed by atoms with E-state index in [0.29, 0.717) is 11.7 Å². The first-order valence-corrected chi connectivity index (χ1v) is 8.09. The molecule has 1 aromatic carbocycles. The summed E-state index contributed by atoms with van der Waals surface area (Å²) in [6.45, 7) is 3.75. The third-order valence-electron chi connectivity index (χ3n) is 3.50. The van der Waals surface area contributed by atoms with Crippen LogP contribution in [0.3, 0.4) is 0 Å². The lowest BCUT2D eigenvalue weighted by Crippen LogP contribution is -2.38. The van der Waals surface area contributed by atoms with Crippen LogP contribution in [0.15, 0.2) is 52.1 Å². The SMILES string of the molecule is CCNC(=NCC(O)c1ccco1)NCCc1ccc(OC)cc1. The van der Waals surface area contributed by atoms with Gasteiger partial charge in [-0.1, -0.05) is 12.1 Å². The Hall–Kier alpha value is -2.47. The highest BCUT2D eigenvalue weighted by molar-refractivity contribution is 5.79. The van der Waals surface area contributed by atoms with Gasteiger partial charge in [0, 0.05) is 13.1 Å². The lowest BCUT2D eigenvalue weighted by Gasteiger charge is -2.12. The summed E-state index contributed by atoms with van der Waals surface area (Å²) >= 11 is 0. The van der Waals surface area contributed by atoms with Gasteiger partial charge in [0.25, 0.3) is 0 Å². The Kier molecular flexibility index (Phi) is 7.17. The van der Waals surface area contributed by atoms with Crippen molar-refractivity contribution < 1.29 is 14.3 Å². The molecule has 0 aliphatic rings. The number of guanidine groups is 1. The van der Waals surface area contributed by atoms with Gasteiger partial charge in [-0.05, 0) is 43.2 Å². The molecule has 130 valence electrons. The molecule has 0 spiro atoms. The fourth-order valence-electron chi connectivity index (χ4n) is 2.21. The predicted molar refractivity (Wildman–Crippen MR) is 94.3 cm³/mol. The molecule has 0 aliphatic carbocycles. The minimum absolute atomic E-state index is 0.241. The summed E-state index contributed by atoms with van der Waals surface area (Å²) in [5.41, 5.74) is 1.22. The van der Waals surface area contributed by atoms with E-state index in [-0.39, 0.29) is 6.54 Å². The number of rotatable bonds is 8. The highest BCUT2D eigenvalue weighted by atomic mass is 16.5. The third kappa shape index (κ3) is 5.62. The molecule has 1 aromatic heterocycles. The van der Waals surface area contributed by atoms with Gasteiger partial charge in [0.2, 0.25) is 0 Å². The molecule has 0 amide bonds. The monoisotopic (exact) mass is 331 g/mol. The first-order chi connectivity index (χ1) is 11.7.